The Morgan fingerprint density at radius 1 is 1.41 bits per heavy atom. The van der Waals surface area contributed by atoms with Gasteiger partial charge in [-0.2, -0.15) is 0 Å². The quantitative estimate of drug-likeness (QED) is 0.743. The smallest absolute Gasteiger partial charge is 0.118 e. The zero-order valence-corrected chi connectivity index (χ0v) is 10.8. The molecular formula is C15H20O2. The second kappa shape index (κ2) is 3.49. The fraction of sp³-hybridized carbons (Fsp3) is 0.600. The fourth-order valence-corrected chi connectivity index (χ4v) is 3.36. The van der Waals surface area contributed by atoms with E-state index in [-0.39, 0.29) is 5.60 Å². The van der Waals surface area contributed by atoms with Crippen LogP contribution in [-0.4, -0.2) is 11.2 Å². The van der Waals surface area contributed by atoms with E-state index in [0.29, 0.717) is 17.8 Å². The number of hydrogen-bond donors (Lipinski definition) is 1. The molecule has 0 aliphatic carbocycles. The molecule has 0 radical (unpaired) electrons. The lowest BCUT2D eigenvalue weighted by molar-refractivity contribution is -0.0463. The molecule has 2 aliphatic rings. The van der Waals surface area contributed by atoms with Crippen molar-refractivity contribution in [3.05, 3.63) is 28.8 Å². The van der Waals surface area contributed by atoms with E-state index >= 15 is 0 Å². The summed E-state index contributed by atoms with van der Waals surface area (Å²) in [5.74, 6) is 0.966. The Morgan fingerprint density at radius 2 is 2.18 bits per heavy atom. The van der Waals surface area contributed by atoms with Crippen molar-refractivity contribution in [3.63, 3.8) is 0 Å². The number of fused-ring (bicyclic) bond motifs is 4. The lowest BCUT2D eigenvalue weighted by atomic mass is 9.81. The van der Waals surface area contributed by atoms with Gasteiger partial charge in [0.15, 0.2) is 0 Å². The van der Waals surface area contributed by atoms with Gasteiger partial charge >= 0.3 is 0 Å². The van der Waals surface area contributed by atoms with E-state index < -0.39 is 0 Å². The summed E-state index contributed by atoms with van der Waals surface area (Å²) >= 11 is 0. The van der Waals surface area contributed by atoms with Gasteiger partial charge in [-0.3, -0.25) is 0 Å². The predicted molar refractivity (Wildman–Crippen MR) is 67.2 cm³/mol. The number of phenols is 1. The van der Waals surface area contributed by atoms with Crippen LogP contribution in [0, 0.1) is 12.8 Å². The molecule has 1 aromatic rings. The summed E-state index contributed by atoms with van der Waals surface area (Å²) in [5, 5.41) is 9.92. The van der Waals surface area contributed by atoms with Gasteiger partial charge in [-0.05, 0) is 61.8 Å². The lowest BCUT2D eigenvalue weighted by Gasteiger charge is -2.26. The van der Waals surface area contributed by atoms with E-state index in [2.05, 4.69) is 19.9 Å². The Balaban J connectivity index is 2.18. The largest absolute Gasteiger partial charge is 0.508 e. The molecule has 1 fully saturated rings. The van der Waals surface area contributed by atoms with Gasteiger partial charge in [0.1, 0.15) is 5.75 Å². The van der Waals surface area contributed by atoms with Gasteiger partial charge in [0.05, 0.1) is 11.7 Å². The summed E-state index contributed by atoms with van der Waals surface area (Å²) < 4.78 is 6.23. The Morgan fingerprint density at radius 3 is 2.94 bits per heavy atom. The van der Waals surface area contributed by atoms with Gasteiger partial charge < -0.3 is 9.84 Å². The predicted octanol–water partition coefficient (Wildman–Crippen LogP) is 3.29. The van der Waals surface area contributed by atoms with Crippen LogP contribution < -0.4 is 0 Å². The maximum atomic E-state index is 9.92. The van der Waals surface area contributed by atoms with Gasteiger partial charge in [0.25, 0.3) is 0 Å². The van der Waals surface area contributed by atoms with Crippen molar-refractivity contribution in [1.82, 2.24) is 0 Å². The van der Waals surface area contributed by atoms with Gasteiger partial charge in [-0.15, -0.1) is 0 Å². The van der Waals surface area contributed by atoms with Crippen molar-refractivity contribution in [2.75, 3.05) is 0 Å². The molecule has 17 heavy (non-hydrogen) atoms. The van der Waals surface area contributed by atoms with Crippen LogP contribution in [-0.2, 0) is 16.8 Å². The van der Waals surface area contributed by atoms with Crippen molar-refractivity contribution in [1.29, 1.82) is 0 Å². The third-order valence-corrected chi connectivity index (χ3v) is 4.49. The van der Waals surface area contributed by atoms with Crippen LogP contribution in [0.4, 0.5) is 0 Å². The summed E-state index contributed by atoms with van der Waals surface area (Å²) in [6, 6.07) is 4.06. The first-order valence-electron chi connectivity index (χ1n) is 6.50. The van der Waals surface area contributed by atoms with Crippen molar-refractivity contribution >= 4 is 0 Å². The number of aryl methyl sites for hydroxylation is 1. The summed E-state index contributed by atoms with van der Waals surface area (Å²) in [7, 11) is 0. The molecule has 1 N–H and O–H groups in total. The van der Waals surface area contributed by atoms with Crippen molar-refractivity contribution in [2.45, 2.75) is 51.7 Å². The van der Waals surface area contributed by atoms with E-state index in [0.717, 1.165) is 24.8 Å². The molecule has 0 spiro atoms. The lowest BCUT2D eigenvalue weighted by Crippen LogP contribution is -2.22. The summed E-state index contributed by atoms with van der Waals surface area (Å²) in [5.41, 5.74) is 3.35. The van der Waals surface area contributed by atoms with Gasteiger partial charge in [-0.1, -0.05) is 13.0 Å². The summed E-state index contributed by atoms with van der Waals surface area (Å²) in [4.78, 5) is 0. The van der Waals surface area contributed by atoms with Crippen LogP contribution in [0.5, 0.6) is 5.75 Å². The molecule has 2 nitrogen and oxygen atoms in total. The average Bonchev–Trinajstić information content (AvgIpc) is 2.63. The second-order valence-corrected chi connectivity index (χ2v) is 5.90. The molecule has 2 bridgehead atoms. The highest BCUT2D eigenvalue weighted by atomic mass is 16.5. The minimum atomic E-state index is -0.185. The zero-order valence-electron chi connectivity index (χ0n) is 10.8. The molecule has 0 unspecified atom stereocenters. The third-order valence-electron chi connectivity index (χ3n) is 4.49. The molecule has 3 atom stereocenters. The molecule has 2 aliphatic heterocycles. The summed E-state index contributed by atoms with van der Waals surface area (Å²) in [6.07, 6.45) is 3.66. The topological polar surface area (TPSA) is 29.5 Å². The minimum absolute atomic E-state index is 0.185. The van der Waals surface area contributed by atoms with E-state index in [4.69, 9.17) is 4.74 Å². The van der Waals surface area contributed by atoms with E-state index in [1.165, 1.54) is 11.1 Å². The van der Waals surface area contributed by atoms with Crippen molar-refractivity contribution < 1.29 is 9.84 Å². The number of rotatable bonds is 0. The maximum absolute atomic E-state index is 9.92. The second-order valence-electron chi connectivity index (χ2n) is 5.90. The van der Waals surface area contributed by atoms with Gasteiger partial charge in [0.2, 0.25) is 0 Å². The number of ether oxygens (including phenoxy) is 1. The number of aromatic hydroxyl groups is 1. The molecule has 0 saturated carbocycles. The first-order valence-corrected chi connectivity index (χ1v) is 6.50. The highest BCUT2D eigenvalue weighted by Crippen LogP contribution is 2.47. The molecule has 92 valence electrons. The van der Waals surface area contributed by atoms with Crippen LogP contribution in [0.1, 0.15) is 43.4 Å². The molecule has 0 amide bonds. The Hall–Kier alpha value is -1.02. The maximum Gasteiger partial charge on any atom is 0.118 e. The number of phenolic OH excluding ortho intramolecular Hbond substituents is 1. The molecule has 1 saturated heterocycles. The molecule has 2 heteroatoms. The van der Waals surface area contributed by atoms with E-state index in [1.54, 1.807) is 0 Å². The Kier molecular flexibility index (Phi) is 2.27. The van der Waals surface area contributed by atoms with Crippen LogP contribution in [0.15, 0.2) is 12.1 Å². The first kappa shape index (κ1) is 11.1. The van der Waals surface area contributed by atoms with E-state index in [9.17, 15) is 5.11 Å². The molecular weight excluding hydrogens is 212 g/mol. The standard InChI is InChI=1S/C15H20O2/c1-9-6-11-7-10(2)14-4-5-15(3,17-14)12(11)8-13(9)16/h6,8,10,14,16H,4-5,7H2,1-3H3/t10-,14+,15-/m1/s1. The van der Waals surface area contributed by atoms with Crippen molar-refractivity contribution in [3.8, 4) is 5.75 Å². The monoisotopic (exact) mass is 232 g/mol. The Bertz CT molecular complexity index is 466. The first-order chi connectivity index (χ1) is 7.99. The summed E-state index contributed by atoms with van der Waals surface area (Å²) in [6.45, 7) is 6.40. The van der Waals surface area contributed by atoms with Gasteiger partial charge in [-0.25, -0.2) is 0 Å². The van der Waals surface area contributed by atoms with E-state index in [1.807, 2.05) is 13.0 Å². The number of hydrogen-bond acceptors (Lipinski definition) is 2. The van der Waals surface area contributed by atoms with Crippen LogP contribution in [0.25, 0.3) is 0 Å². The zero-order chi connectivity index (χ0) is 12.2. The number of benzene rings is 1. The van der Waals surface area contributed by atoms with Crippen LogP contribution in [0.3, 0.4) is 0 Å². The van der Waals surface area contributed by atoms with Gasteiger partial charge in [0, 0.05) is 0 Å². The molecule has 3 rings (SSSR count). The Labute approximate surface area is 103 Å². The normalized spacial score (nSPS) is 35.5. The van der Waals surface area contributed by atoms with Crippen LogP contribution >= 0.6 is 0 Å². The third kappa shape index (κ3) is 1.58. The average molecular weight is 232 g/mol. The fourth-order valence-electron chi connectivity index (χ4n) is 3.36. The van der Waals surface area contributed by atoms with Crippen molar-refractivity contribution in [2.24, 2.45) is 5.92 Å². The highest BCUT2D eigenvalue weighted by Gasteiger charge is 2.43. The molecule has 0 aromatic heterocycles. The minimum Gasteiger partial charge on any atom is -0.508 e. The SMILES string of the molecule is Cc1cc2c(cc1O)[C@@]1(C)CC[C@H](O1)[C@H](C)C2. The highest BCUT2D eigenvalue weighted by molar-refractivity contribution is 5.45. The molecule has 2 heterocycles. The molecule has 1 aromatic carbocycles. The van der Waals surface area contributed by atoms with Crippen LogP contribution in [0.2, 0.25) is 0 Å².